The van der Waals surface area contributed by atoms with Gasteiger partial charge in [0.1, 0.15) is 0 Å². The van der Waals surface area contributed by atoms with E-state index in [9.17, 15) is 13.2 Å². The van der Waals surface area contributed by atoms with Crippen molar-refractivity contribution in [3.05, 3.63) is 12.4 Å². The molecule has 2 aliphatic heterocycles. The molecule has 2 saturated heterocycles. The molecule has 3 aliphatic rings. The molecular formula is C13H18N4O3S. The second kappa shape index (κ2) is 4.30. The fourth-order valence-electron chi connectivity index (χ4n) is 3.39. The van der Waals surface area contributed by atoms with Gasteiger partial charge in [-0.2, -0.15) is 5.10 Å². The van der Waals surface area contributed by atoms with E-state index in [-0.39, 0.29) is 23.0 Å². The summed E-state index contributed by atoms with van der Waals surface area (Å²) in [5, 5.41) is 3.90. The maximum atomic E-state index is 12.5. The van der Waals surface area contributed by atoms with Crippen molar-refractivity contribution < 1.29 is 13.2 Å². The number of nitrogens with zero attached hydrogens (tertiary/aromatic N) is 4. The molecule has 1 aromatic rings. The van der Waals surface area contributed by atoms with Crippen molar-refractivity contribution in [2.24, 2.45) is 18.9 Å². The van der Waals surface area contributed by atoms with E-state index in [0.29, 0.717) is 19.6 Å². The Bertz CT molecular complexity index is 694. The highest BCUT2D eigenvalue weighted by molar-refractivity contribution is 7.90. The zero-order valence-corrected chi connectivity index (χ0v) is 12.7. The van der Waals surface area contributed by atoms with Gasteiger partial charge in [0.25, 0.3) is 0 Å². The Hall–Kier alpha value is -1.41. The molecule has 0 spiro atoms. The molecule has 0 bridgehead atoms. The Kier molecular flexibility index (Phi) is 2.71. The van der Waals surface area contributed by atoms with Crippen molar-refractivity contribution in [1.29, 1.82) is 0 Å². The van der Waals surface area contributed by atoms with Gasteiger partial charge >= 0.3 is 0 Å². The number of hydrogen-bond acceptors (Lipinski definition) is 4. The summed E-state index contributed by atoms with van der Waals surface area (Å²) in [6.45, 7) is 1.41. The molecule has 3 fully saturated rings. The van der Waals surface area contributed by atoms with Crippen LogP contribution in [-0.4, -0.2) is 53.3 Å². The lowest BCUT2D eigenvalue weighted by atomic mass is 10.0. The number of carbonyl (C=O) groups is 1. The lowest BCUT2D eigenvalue weighted by Gasteiger charge is -2.20. The summed E-state index contributed by atoms with van der Waals surface area (Å²) in [4.78, 5) is 14.3. The number of rotatable bonds is 3. The fourth-order valence-corrected chi connectivity index (χ4v) is 5.31. The zero-order valence-electron chi connectivity index (χ0n) is 11.8. The van der Waals surface area contributed by atoms with Gasteiger partial charge in [-0.15, -0.1) is 0 Å². The van der Waals surface area contributed by atoms with E-state index in [0.717, 1.165) is 18.5 Å². The summed E-state index contributed by atoms with van der Waals surface area (Å²) in [7, 11) is -1.35. The van der Waals surface area contributed by atoms with Crippen molar-refractivity contribution in [3.8, 4) is 0 Å². The number of carbonyl (C=O) groups excluding carboxylic acids is 1. The fraction of sp³-hybridized carbons (Fsp3) is 0.692. The Morgan fingerprint density at radius 3 is 2.57 bits per heavy atom. The first-order chi connectivity index (χ1) is 9.96. The zero-order chi connectivity index (χ0) is 14.8. The van der Waals surface area contributed by atoms with E-state index in [1.165, 1.54) is 0 Å². The van der Waals surface area contributed by atoms with Crippen LogP contribution in [0.5, 0.6) is 0 Å². The highest BCUT2D eigenvalue weighted by atomic mass is 32.2. The highest BCUT2D eigenvalue weighted by Crippen LogP contribution is 2.39. The van der Waals surface area contributed by atoms with Crippen LogP contribution in [0.1, 0.15) is 12.8 Å². The number of fused-ring (bicyclic) bond motifs is 1. The van der Waals surface area contributed by atoms with Gasteiger partial charge in [-0.25, -0.2) is 12.7 Å². The molecule has 8 heteroatoms. The van der Waals surface area contributed by atoms with Crippen LogP contribution in [0, 0.1) is 11.8 Å². The quantitative estimate of drug-likeness (QED) is 0.775. The third-order valence-corrected chi connectivity index (χ3v) is 7.05. The van der Waals surface area contributed by atoms with Crippen molar-refractivity contribution in [2.45, 2.75) is 18.1 Å². The first-order valence-corrected chi connectivity index (χ1v) is 8.76. The number of hydrogen-bond donors (Lipinski definition) is 0. The number of sulfonamides is 1. The molecule has 1 amide bonds. The SMILES string of the molecule is Cn1cc(N2C[C@@H]3CN(S(=O)(=O)C4CC4)C[C@@H]3C2=O)cn1. The van der Waals surface area contributed by atoms with E-state index in [1.807, 2.05) is 13.2 Å². The van der Waals surface area contributed by atoms with E-state index in [2.05, 4.69) is 5.10 Å². The normalized spacial score (nSPS) is 30.1. The summed E-state index contributed by atoms with van der Waals surface area (Å²) < 4.78 is 27.8. The molecule has 0 radical (unpaired) electrons. The molecule has 0 unspecified atom stereocenters. The Morgan fingerprint density at radius 1 is 1.24 bits per heavy atom. The van der Waals surface area contributed by atoms with Gasteiger partial charge in [0.2, 0.25) is 15.9 Å². The number of anilines is 1. The van der Waals surface area contributed by atoms with Gasteiger partial charge in [0.15, 0.2) is 0 Å². The smallest absolute Gasteiger partial charge is 0.231 e. The lowest BCUT2D eigenvalue weighted by molar-refractivity contribution is -0.120. The molecule has 1 aromatic heterocycles. The molecule has 1 aliphatic carbocycles. The Balaban J connectivity index is 1.52. The van der Waals surface area contributed by atoms with Crippen LogP contribution in [0.15, 0.2) is 12.4 Å². The van der Waals surface area contributed by atoms with Crippen LogP contribution in [0.3, 0.4) is 0 Å². The van der Waals surface area contributed by atoms with Crippen LogP contribution >= 0.6 is 0 Å². The van der Waals surface area contributed by atoms with Gasteiger partial charge in [-0.3, -0.25) is 9.48 Å². The molecule has 21 heavy (non-hydrogen) atoms. The average Bonchev–Trinajstić information content (AvgIpc) is 2.97. The standard InChI is InChI=1S/C13H18N4O3S/c1-15-7-10(4-14-15)17-6-9-5-16(8-12(9)13(17)18)21(19,20)11-2-3-11/h4,7,9,11-12H,2-3,5-6,8H2,1H3/t9-,12-/m0/s1. The summed E-state index contributed by atoms with van der Waals surface area (Å²) in [6, 6.07) is 0. The molecule has 0 aromatic carbocycles. The van der Waals surface area contributed by atoms with Gasteiger partial charge in [0.05, 0.1) is 23.1 Å². The van der Waals surface area contributed by atoms with Crippen LogP contribution in [0.25, 0.3) is 0 Å². The number of amides is 1. The van der Waals surface area contributed by atoms with Gasteiger partial charge in [0, 0.05) is 38.8 Å². The van der Waals surface area contributed by atoms with E-state index in [4.69, 9.17) is 0 Å². The minimum Gasteiger partial charge on any atom is -0.309 e. The molecular weight excluding hydrogens is 292 g/mol. The third kappa shape index (κ3) is 2.00. The minimum atomic E-state index is -3.16. The molecule has 4 rings (SSSR count). The predicted molar refractivity (Wildman–Crippen MR) is 76.1 cm³/mol. The first-order valence-electron chi connectivity index (χ1n) is 7.26. The highest BCUT2D eigenvalue weighted by Gasteiger charge is 2.52. The van der Waals surface area contributed by atoms with E-state index in [1.54, 1.807) is 20.1 Å². The summed E-state index contributed by atoms with van der Waals surface area (Å²) >= 11 is 0. The Morgan fingerprint density at radius 2 is 2.00 bits per heavy atom. The van der Waals surface area contributed by atoms with Gasteiger partial charge in [-0.1, -0.05) is 0 Å². The van der Waals surface area contributed by atoms with Crippen molar-refractivity contribution in [2.75, 3.05) is 24.5 Å². The van der Waals surface area contributed by atoms with E-state index < -0.39 is 10.0 Å². The maximum absolute atomic E-state index is 12.5. The van der Waals surface area contributed by atoms with E-state index >= 15 is 0 Å². The minimum absolute atomic E-state index is 0.0292. The molecule has 0 N–H and O–H groups in total. The van der Waals surface area contributed by atoms with Crippen molar-refractivity contribution in [3.63, 3.8) is 0 Å². The average molecular weight is 310 g/mol. The van der Waals surface area contributed by atoms with Crippen LogP contribution in [0.4, 0.5) is 5.69 Å². The monoisotopic (exact) mass is 310 g/mol. The van der Waals surface area contributed by atoms with Crippen molar-refractivity contribution in [1.82, 2.24) is 14.1 Å². The van der Waals surface area contributed by atoms with Crippen molar-refractivity contribution >= 4 is 21.6 Å². The molecule has 3 heterocycles. The maximum Gasteiger partial charge on any atom is 0.231 e. The first kappa shape index (κ1) is 13.3. The summed E-state index contributed by atoms with van der Waals surface area (Å²) in [5.41, 5.74) is 0.800. The van der Waals surface area contributed by atoms with Gasteiger partial charge in [-0.05, 0) is 12.8 Å². The third-order valence-electron chi connectivity index (χ3n) is 4.72. The van der Waals surface area contributed by atoms with Gasteiger partial charge < -0.3 is 4.90 Å². The van der Waals surface area contributed by atoms with Crippen LogP contribution < -0.4 is 4.90 Å². The number of aromatic nitrogens is 2. The summed E-state index contributed by atoms with van der Waals surface area (Å²) in [5.74, 6) is -0.0635. The predicted octanol–water partition coefficient (Wildman–Crippen LogP) is -0.193. The second-order valence-corrected chi connectivity index (χ2v) is 8.46. The topological polar surface area (TPSA) is 75.5 Å². The molecule has 7 nitrogen and oxygen atoms in total. The lowest BCUT2D eigenvalue weighted by Crippen LogP contribution is -2.37. The molecule has 2 atom stereocenters. The second-order valence-electron chi connectivity index (χ2n) is 6.25. The molecule has 114 valence electrons. The van der Waals surface area contributed by atoms with Crippen LogP contribution in [0.2, 0.25) is 0 Å². The Labute approximate surface area is 123 Å². The molecule has 1 saturated carbocycles. The summed E-state index contributed by atoms with van der Waals surface area (Å²) in [6.07, 6.45) is 5.03. The van der Waals surface area contributed by atoms with Crippen LogP contribution in [-0.2, 0) is 21.9 Å². The number of aryl methyl sites for hydroxylation is 1. The largest absolute Gasteiger partial charge is 0.309 e.